The quantitative estimate of drug-likeness (QED) is 0.118. The van der Waals surface area contributed by atoms with Crippen LogP contribution in [-0.4, -0.2) is 9.38 Å². The molecule has 2 aromatic heterocycles. The molecule has 13 aromatic rings. The molecule has 67 heavy (non-hydrogen) atoms. The SMILES string of the molecule is O=P(c1ccccc1)(c1ccc2nc3c4ccc5ccccc5c4c4ccc(-c5ccc6cc(P(=S)(c7ccccc7)c7ccccc7)ccc6c5)cc4n3c2c1)c1cccc2ccccc12. The third kappa shape index (κ3) is 6.22. The van der Waals surface area contributed by atoms with Gasteiger partial charge >= 0.3 is 0 Å². The number of imidazole rings is 1. The molecule has 11 aromatic carbocycles. The molecular formula is C61H40N2OP2S. The van der Waals surface area contributed by atoms with Gasteiger partial charge in [0, 0.05) is 38.1 Å². The van der Waals surface area contributed by atoms with Gasteiger partial charge in [-0.05, 0) is 102 Å². The summed E-state index contributed by atoms with van der Waals surface area (Å²) in [6, 6.07) is 83.0. The van der Waals surface area contributed by atoms with E-state index >= 15 is 4.57 Å². The van der Waals surface area contributed by atoms with Crippen molar-refractivity contribution >= 4 is 127 Å². The first-order valence-corrected chi connectivity index (χ1v) is 27.1. The molecule has 0 aliphatic carbocycles. The third-order valence-corrected chi connectivity index (χ3v) is 21.7. The molecule has 0 N–H and O–H groups in total. The summed E-state index contributed by atoms with van der Waals surface area (Å²) >= 11 is 6.72. The largest absolute Gasteiger partial charge is 0.309 e. The van der Waals surface area contributed by atoms with E-state index in [-0.39, 0.29) is 0 Å². The van der Waals surface area contributed by atoms with Crippen LogP contribution in [0, 0.1) is 0 Å². The van der Waals surface area contributed by atoms with Crippen molar-refractivity contribution in [2.45, 2.75) is 0 Å². The molecular weight excluding hydrogens is 871 g/mol. The molecule has 0 amide bonds. The summed E-state index contributed by atoms with van der Waals surface area (Å²) < 4.78 is 18.6. The van der Waals surface area contributed by atoms with E-state index in [1.807, 2.05) is 60.7 Å². The van der Waals surface area contributed by atoms with Gasteiger partial charge in [-0.15, -0.1) is 0 Å². The second kappa shape index (κ2) is 15.6. The number of hydrogen-bond acceptors (Lipinski definition) is 3. The van der Waals surface area contributed by atoms with Crippen LogP contribution in [0.25, 0.3) is 81.8 Å². The fraction of sp³-hybridized carbons (Fsp3) is 0. The lowest BCUT2D eigenvalue weighted by Crippen LogP contribution is -2.25. The summed E-state index contributed by atoms with van der Waals surface area (Å²) in [6.07, 6.45) is 0. The van der Waals surface area contributed by atoms with E-state index in [4.69, 9.17) is 16.8 Å². The van der Waals surface area contributed by atoms with Crippen LogP contribution in [0.15, 0.2) is 243 Å². The first kappa shape index (κ1) is 39.9. The summed E-state index contributed by atoms with van der Waals surface area (Å²) in [7, 11) is -3.40. The van der Waals surface area contributed by atoms with Crippen molar-refractivity contribution in [2.75, 3.05) is 0 Å². The van der Waals surface area contributed by atoms with Crippen molar-refractivity contribution in [3.63, 3.8) is 0 Å². The standard InChI is InChI=1S/C61H40N2OP2S/c64-65(47-18-4-1-5-19-47,59-26-14-17-41-15-10-12-24-52(41)59)50-33-36-56-58(40-50)63-57-39-46(31-34-54(57)60-53-25-13-11-16-42(53)30-35-55(60)61(63)62-56)43-27-28-45-38-51(32-29-44(45)37-43)66(67,48-20-6-2-7-21-48)49-22-8-3-9-23-49/h1-40H. The first-order valence-electron chi connectivity index (χ1n) is 22.6. The molecule has 0 aliphatic rings. The van der Waals surface area contributed by atoms with Crippen LogP contribution in [0.2, 0.25) is 0 Å². The highest BCUT2D eigenvalue weighted by Crippen LogP contribution is 2.47. The topological polar surface area (TPSA) is 34.4 Å². The Balaban J connectivity index is 1.03. The van der Waals surface area contributed by atoms with E-state index in [9.17, 15) is 0 Å². The van der Waals surface area contributed by atoms with Crippen LogP contribution in [0.4, 0.5) is 0 Å². The maximum atomic E-state index is 16.3. The Kier molecular flexibility index (Phi) is 9.28. The molecule has 1 atom stereocenters. The Bertz CT molecular complexity index is 4180. The summed E-state index contributed by atoms with van der Waals surface area (Å²) in [5.74, 6) is 0. The van der Waals surface area contributed by atoms with E-state index in [0.29, 0.717) is 0 Å². The van der Waals surface area contributed by atoms with Gasteiger partial charge in [-0.3, -0.25) is 4.40 Å². The van der Waals surface area contributed by atoms with Gasteiger partial charge in [0.2, 0.25) is 0 Å². The normalized spacial score (nSPS) is 13.0. The van der Waals surface area contributed by atoms with E-state index in [2.05, 4.69) is 186 Å². The maximum absolute atomic E-state index is 16.3. The number of pyridine rings is 1. The fourth-order valence-corrected chi connectivity index (χ4v) is 17.0. The molecule has 13 rings (SSSR count). The van der Waals surface area contributed by atoms with Crippen molar-refractivity contribution in [1.29, 1.82) is 0 Å². The monoisotopic (exact) mass is 910 g/mol. The highest BCUT2D eigenvalue weighted by molar-refractivity contribution is 8.25. The fourth-order valence-electron chi connectivity index (χ4n) is 10.4. The summed E-state index contributed by atoms with van der Waals surface area (Å²) in [4.78, 5) is 5.40. The predicted molar refractivity (Wildman–Crippen MR) is 291 cm³/mol. The van der Waals surface area contributed by atoms with Crippen molar-refractivity contribution in [2.24, 2.45) is 0 Å². The lowest BCUT2D eigenvalue weighted by Gasteiger charge is -2.24. The number of fused-ring (bicyclic) bond motifs is 12. The molecule has 0 radical (unpaired) electrons. The Morgan fingerprint density at radius 3 is 1.67 bits per heavy atom. The van der Waals surface area contributed by atoms with E-state index in [1.165, 1.54) is 32.1 Å². The van der Waals surface area contributed by atoms with Gasteiger partial charge in [-0.2, -0.15) is 0 Å². The van der Waals surface area contributed by atoms with Crippen molar-refractivity contribution < 1.29 is 4.57 Å². The highest BCUT2D eigenvalue weighted by atomic mass is 32.4. The van der Waals surface area contributed by atoms with Crippen LogP contribution < -0.4 is 31.8 Å². The molecule has 6 heteroatoms. The van der Waals surface area contributed by atoms with E-state index < -0.39 is 13.2 Å². The molecule has 0 saturated carbocycles. The van der Waals surface area contributed by atoms with Crippen LogP contribution in [0.1, 0.15) is 0 Å². The van der Waals surface area contributed by atoms with Crippen LogP contribution in [-0.2, 0) is 16.4 Å². The molecule has 3 nitrogen and oxygen atoms in total. The lowest BCUT2D eigenvalue weighted by molar-refractivity contribution is 0.592. The third-order valence-electron chi connectivity index (χ3n) is 13.7. The summed E-state index contributed by atoms with van der Waals surface area (Å²) in [5, 5.41) is 16.1. The Morgan fingerprint density at radius 1 is 0.373 bits per heavy atom. The maximum Gasteiger partial charge on any atom is 0.171 e. The van der Waals surface area contributed by atoms with Gasteiger partial charge < -0.3 is 4.57 Å². The first-order chi connectivity index (χ1) is 33.0. The van der Waals surface area contributed by atoms with Gasteiger partial charge in [-0.1, -0.05) is 212 Å². The minimum absolute atomic E-state index is 0.770. The number of aromatic nitrogens is 2. The smallest absolute Gasteiger partial charge is 0.171 e. The molecule has 0 bridgehead atoms. The van der Waals surface area contributed by atoms with E-state index in [1.54, 1.807) is 0 Å². The number of nitrogens with zero attached hydrogens (tertiary/aromatic N) is 2. The number of hydrogen-bond donors (Lipinski definition) is 0. The van der Waals surface area contributed by atoms with Gasteiger partial charge in [0.25, 0.3) is 0 Å². The van der Waals surface area contributed by atoms with Gasteiger partial charge in [0.15, 0.2) is 7.14 Å². The Morgan fingerprint density at radius 2 is 0.925 bits per heavy atom. The molecule has 2 heterocycles. The van der Waals surface area contributed by atoms with Crippen LogP contribution >= 0.6 is 13.2 Å². The molecule has 0 fully saturated rings. The van der Waals surface area contributed by atoms with Gasteiger partial charge in [0.05, 0.1) is 16.6 Å². The van der Waals surface area contributed by atoms with Gasteiger partial charge in [0.1, 0.15) is 5.65 Å². The highest BCUT2D eigenvalue weighted by Gasteiger charge is 2.32. The molecule has 0 aliphatic heterocycles. The average molecular weight is 911 g/mol. The Labute approximate surface area is 393 Å². The van der Waals surface area contributed by atoms with Crippen molar-refractivity contribution in [3.8, 4) is 11.1 Å². The van der Waals surface area contributed by atoms with Crippen LogP contribution in [0.3, 0.4) is 0 Å². The zero-order valence-corrected chi connectivity index (χ0v) is 38.8. The lowest BCUT2D eigenvalue weighted by atomic mass is 9.96. The predicted octanol–water partition coefficient (Wildman–Crippen LogP) is 13.3. The zero-order valence-electron chi connectivity index (χ0n) is 36.2. The number of rotatable bonds is 7. The second-order valence-corrected chi connectivity index (χ2v) is 24.5. The minimum Gasteiger partial charge on any atom is -0.309 e. The zero-order chi connectivity index (χ0) is 44.7. The Hall–Kier alpha value is -7.45. The summed E-state index contributed by atoms with van der Waals surface area (Å²) in [6.45, 7) is 0. The molecule has 0 saturated heterocycles. The van der Waals surface area contributed by atoms with Crippen molar-refractivity contribution in [3.05, 3.63) is 243 Å². The molecule has 316 valence electrons. The van der Waals surface area contributed by atoms with E-state index in [0.717, 1.165) is 81.6 Å². The summed E-state index contributed by atoms with van der Waals surface area (Å²) in [5.41, 5.74) is 5.89. The average Bonchev–Trinajstić information content (AvgIpc) is 3.80. The molecule has 1 unspecified atom stereocenters. The molecule has 0 spiro atoms. The van der Waals surface area contributed by atoms with Gasteiger partial charge in [-0.25, -0.2) is 4.98 Å². The number of benzene rings is 11. The van der Waals surface area contributed by atoms with Crippen molar-refractivity contribution in [1.82, 2.24) is 9.38 Å². The minimum atomic E-state index is -3.40. The van der Waals surface area contributed by atoms with Crippen LogP contribution in [0.5, 0.6) is 0 Å². The second-order valence-electron chi connectivity index (χ2n) is 17.4.